The van der Waals surface area contributed by atoms with Crippen LogP contribution in [-0.2, 0) is 22.6 Å². The van der Waals surface area contributed by atoms with Gasteiger partial charge in [-0.15, -0.1) is 0 Å². The molecule has 0 saturated carbocycles. The topological polar surface area (TPSA) is 156 Å². The Kier molecular flexibility index (Phi) is 6.57. The van der Waals surface area contributed by atoms with E-state index in [1.807, 2.05) is 6.07 Å². The number of nitrogens with one attached hydrogen (secondary N) is 2. The van der Waals surface area contributed by atoms with Gasteiger partial charge in [-0.25, -0.2) is 9.97 Å². The van der Waals surface area contributed by atoms with Crippen molar-refractivity contribution < 1.29 is 19.0 Å². The van der Waals surface area contributed by atoms with Crippen molar-refractivity contribution in [3.8, 4) is 11.6 Å². The standard InChI is InChI=1S/C23H27N7O5/c1-33-20-7-4-16-23(29-20)30(21(32)9-26-16)10-15(24)17-5-3-14(11-34-17)25-8-13-2-6-18-22(27-13)28-19(31)12-35-18/h2,4,6-7,9,14-15,17,25H,3,5,8,10-12,24H2,1H3,(H,27,28,31)/t14-,15+,17+/m1/s1. The molecule has 0 aromatic carbocycles. The third-order valence-electron chi connectivity index (χ3n) is 6.16. The first-order chi connectivity index (χ1) is 17.0. The molecule has 0 unspecified atom stereocenters. The van der Waals surface area contributed by atoms with Gasteiger partial charge in [-0.05, 0) is 31.0 Å². The molecule has 1 amide bonds. The molecule has 35 heavy (non-hydrogen) atoms. The van der Waals surface area contributed by atoms with Crippen LogP contribution >= 0.6 is 0 Å². The molecule has 12 nitrogen and oxygen atoms in total. The van der Waals surface area contributed by atoms with Crippen LogP contribution in [0.25, 0.3) is 11.2 Å². The number of pyridine rings is 2. The summed E-state index contributed by atoms with van der Waals surface area (Å²) in [4.78, 5) is 37.0. The molecule has 184 valence electrons. The summed E-state index contributed by atoms with van der Waals surface area (Å²) in [5.74, 6) is 1.20. The lowest BCUT2D eigenvalue weighted by Crippen LogP contribution is -2.48. The van der Waals surface area contributed by atoms with Crippen LogP contribution in [0, 0.1) is 0 Å². The van der Waals surface area contributed by atoms with Crippen molar-refractivity contribution in [2.45, 2.75) is 44.1 Å². The van der Waals surface area contributed by atoms with Gasteiger partial charge in [-0.3, -0.25) is 14.2 Å². The van der Waals surface area contributed by atoms with Gasteiger partial charge in [-0.2, -0.15) is 4.98 Å². The quantitative estimate of drug-likeness (QED) is 0.426. The molecule has 0 spiro atoms. The second-order valence-corrected chi connectivity index (χ2v) is 8.58. The van der Waals surface area contributed by atoms with E-state index in [4.69, 9.17) is 19.9 Å². The lowest BCUT2D eigenvalue weighted by Gasteiger charge is -2.33. The summed E-state index contributed by atoms with van der Waals surface area (Å²) in [6.07, 6.45) is 2.69. The normalized spacial score (nSPS) is 20.6. The molecule has 3 aromatic rings. The van der Waals surface area contributed by atoms with Crippen LogP contribution < -0.4 is 31.4 Å². The molecular weight excluding hydrogens is 454 g/mol. The smallest absolute Gasteiger partial charge is 0.270 e. The number of carbonyl (C=O) groups is 1. The zero-order chi connectivity index (χ0) is 24.4. The number of nitrogens with zero attached hydrogens (tertiary/aromatic N) is 4. The Labute approximate surface area is 200 Å². The molecule has 3 aromatic heterocycles. The monoisotopic (exact) mass is 481 g/mol. The summed E-state index contributed by atoms with van der Waals surface area (Å²) in [5, 5.41) is 6.16. The van der Waals surface area contributed by atoms with Gasteiger partial charge in [0.1, 0.15) is 5.52 Å². The zero-order valence-corrected chi connectivity index (χ0v) is 19.3. The minimum Gasteiger partial charge on any atom is -0.481 e. The summed E-state index contributed by atoms with van der Waals surface area (Å²) < 4.78 is 18.1. The molecule has 5 rings (SSSR count). The molecule has 0 aliphatic carbocycles. The number of hydrogen-bond acceptors (Lipinski definition) is 10. The van der Waals surface area contributed by atoms with Crippen LogP contribution in [0.5, 0.6) is 11.6 Å². The van der Waals surface area contributed by atoms with E-state index in [1.54, 1.807) is 18.2 Å². The molecule has 4 N–H and O–H groups in total. The minimum atomic E-state index is -0.391. The predicted molar refractivity (Wildman–Crippen MR) is 126 cm³/mol. The summed E-state index contributed by atoms with van der Waals surface area (Å²) >= 11 is 0. The second kappa shape index (κ2) is 9.94. The van der Waals surface area contributed by atoms with E-state index in [-0.39, 0.29) is 36.8 Å². The van der Waals surface area contributed by atoms with Crippen LogP contribution in [-0.4, -0.2) is 63.9 Å². The van der Waals surface area contributed by atoms with Crippen molar-refractivity contribution >= 4 is 22.9 Å². The number of fused-ring (bicyclic) bond motifs is 2. The van der Waals surface area contributed by atoms with Crippen LogP contribution in [0.2, 0.25) is 0 Å². The number of nitrogens with two attached hydrogens (primary N) is 1. The highest BCUT2D eigenvalue weighted by Crippen LogP contribution is 2.25. The average molecular weight is 482 g/mol. The average Bonchev–Trinajstić information content (AvgIpc) is 2.88. The number of carbonyl (C=O) groups excluding carboxylic acids is 1. The fraction of sp³-hybridized carbons (Fsp3) is 0.435. The fourth-order valence-corrected chi connectivity index (χ4v) is 4.26. The van der Waals surface area contributed by atoms with E-state index in [1.165, 1.54) is 17.9 Å². The number of amides is 1. The second-order valence-electron chi connectivity index (χ2n) is 8.58. The molecular formula is C23H27N7O5. The molecule has 12 heteroatoms. The Morgan fingerprint density at radius 3 is 2.94 bits per heavy atom. The van der Waals surface area contributed by atoms with E-state index in [0.717, 1.165) is 18.5 Å². The third kappa shape index (κ3) is 5.09. The predicted octanol–water partition coefficient (Wildman–Crippen LogP) is 0.191. The SMILES string of the molecule is COc1ccc2ncc(=O)n(C[C@H](N)[C@@H]3CC[C@@H](NCc4ccc5c(n4)NC(=O)CO5)CO3)c2n1. The van der Waals surface area contributed by atoms with Crippen molar-refractivity contribution in [1.29, 1.82) is 0 Å². The van der Waals surface area contributed by atoms with E-state index < -0.39 is 6.04 Å². The van der Waals surface area contributed by atoms with E-state index in [0.29, 0.717) is 41.8 Å². The highest BCUT2D eigenvalue weighted by molar-refractivity contribution is 5.94. The molecule has 3 atom stereocenters. The maximum atomic E-state index is 12.5. The lowest BCUT2D eigenvalue weighted by molar-refractivity contribution is -0.118. The number of methoxy groups -OCH3 is 1. The molecule has 5 heterocycles. The maximum absolute atomic E-state index is 12.5. The Bertz CT molecular complexity index is 1290. The maximum Gasteiger partial charge on any atom is 0.270 e. The van der Waals surface area contributed by atoms with Crippen molar-refractivity contribution in [3.63, 3.8) is 0 Å². The lowest BCUT2D eigenvalue weighted by atomic mass is 9.99. The van der Waals surface area contributed by atoms with Gasteiger partial charge in [0.25, 0.3) is 11.5 Å². The zero-order valence-electron chi connectivity index (χ0n) is 19.3. The Morgan fingerprint density at radius 2 is 2.14 bits per heavy atom. The highest BCUT2D eigenvalue weighted by atomic mass is 16.5. The minimum absolute atomic E-state index is 0.00567. The Hall–Kier alpha value is -3.61. The van der Waals surface area contributed by atoms with Gasteiger partial charge >= 0.3 is 0 Å². The fourth-order valence-electron chi connectivity index (χ4n) is 4.26. The van der Waals surface area contributed by atoms with Gasteiger partial charge in [0.15, 0.2) is 23.8 Å². The van der Waals surface area contributed by atoms with Crippen molar-refractivity contribution in [2.24, 2.45) is 5.73 Å². The van der Waals surface area contributed by atoms with Crippen molar-refractivity contribution in [1.82, 2.24) is 24.8 Å². The number of ether oxygens (including phenoxy) is 3. The van der Waals surface area contributed by atoms with Gasteiger partial charge in [0.2, 0.25) is 5.88 Å². The Balaban J connectivity index is 1.17. The summed E-state index contributed by atoms with van der Waals surface area (Å²) in [7, 11) is 1.52. The summed E-state index contributed by atoms with van der Waals surface area (Å²) in [6.45, 7) is 1.28. The van der Waals surface area contributed by atoms with E-state index in [9.17, 15) is 9.59 Å². The third-order valence-corrected chi connectivity index (χ3v) is 6.16. The number of aromatic nitrogens is 4. The van der Waals surface area contributed by atoms with Gasteiger partial charge in [0, 0.05) is 31.2 Å². The number of rotatable bonds is 7. The molecule has 2 aliphatic rings. The van der Waals surface area contributed by atoms with Gasteiger partial charge in [0.05, 0.1) is 31.7 Å². The largest absolute Gasteiger partial charge is 0.481 e. The highest BCUT2D eigenvalue weighted by Gasteiger charge is 2.27. The van der Waals surface area contributed by atoms with E-state index in [2.05, 4.69) is 25.6 Å². The summed E-state index contributed by atoms with van der Waals surface area (Å²) in [5.41, 5.74) is 8.00. The van der Waals surface area contributed by atoms with Crippen LogP contribution in [0.4, 0.5) is 5.82 Å². The van der Waals surface area contributed by atoms with Crippen LogP contribution in [0.15, 0.2) is 35.3 Å². The molecule has 1 fully saturated rings. The van der Waals surface area contributed by atoms with Gasteiger partial charge < -0.3 is 30.6 Å². The first-order valence-corrected chi connectivity index (χ1v) is 11.4. The van der Waals surface area contributed by atoms with Gasteiger partial charge in [-0.1, -0.05) is 0 Å². The van der Waals surface area contributed by atoms with E-state index >= 15 is 0 Å². The Morgan fingerprint density at radius 1 is 1.26 bits per heavy atom. The first-order valence-electron chi connectivity index (χ1n) is 11.4. The molecule has 0 radical (unpaired) electrons. The van der Waals surface area contributed by atoms with Crippen LogP contribution in [0.3, 0.4) is 0 Å². The number of hydrogen-bond donors (Lipinski definition) is 3. The first kappa shape index (κ1) is 23.1. The molecule has 0 bridgehead atoms. The molecule has 2 aliphatic heterocycles. The van der Waals surface area contributed by atoms with Crippen LogP contribution in [0.1, 0.15) is 18.5 Å². The van der Waals surface area contributed by atoms with Crippen molar-refractivity contribution in [2.75, 3.05) is 25.6 Å². The summed E-state index contributed by atoms with van der Waals surface area (Å²) in [6, 6.07) is 6.88. The number of anilines is 1. The van der Waals surface area contributed by atoms with Crippen molar-refractivity contribution in [3.05, 3.63) is 46.5 Å². The molecule has 1 saturated heterocycles.